The van der Waals surface area contributed by atoms with Crippen LogP contribution in [0.1, 0.15) is 42.0 Å². The molecule has 1 saturated heterocycles. The summed E-state index contributed by atoms with van der Waals surface area (Å²) < 4.78 is 13.5. The summed E-state index contributed by atoms with van der Waals surface area (Å²) in [7, 11) is 3.83. The zero-order valence-electron chi connectivity index (χ0n) is 19.3. The third-order valence-corrected chi connectivity index (χ3v) is 6.08. The van der Waals surface area contributed by atoms with Gasteiger partial charge < -0.3 is 9.80 Å². The van der Waals surface area contributed by atoms with Crippen molar-refractivity contribution in [2.75, 3.05) is 32.1 Å². The molecule has 1 unspecified atom stereocenters. The van der Waals surface area contributed by atoms with Crippen molar-refractivity contribution < 1.29 is 9.18 Å². The van der Waals surface area contributed by atoms with E-state index in [1.807, 2.05) is 36.2 Å². The first-order chi connectivity index (χ1) is 15.9. The summed E-state index contributed by atoms with van der Waals surface area (Å²) in [5.41, 5.74) is 4.42. The number of nitrogens with zero attached hydrogens (tertiary/aromatic N) is 6. The highest BCUT2D eigenvalue weighted by Crippen LogP contribution is 2.34. The molecule has 172 valence electrons. The van der Waals surface area contributed by atoms with Crippen molar-refractivity contribution in [3.8, 4) is 11.1 Å². The quantitative estimate of drug-likeness (QED) is 0.548. The Morgan fingerprint density at radius 1 is 1.21 bits per heavy atom. The molecule has 2 aromatic heterocycles. The van der Waals surface area contributed by atoms with E-state index < -0.39 is 0 Å². The van der Waals surface area contributed by atoms with Crippen LogP contribution in [0.2, 0.25) is 0 Å². The molecule has 1 fully saturated rings. The van der Waals surface area contributed by atoms with Crippen molar-refractivity contribution in [2.45, 2.75) is 38.5 Å². The SMILES string of the molecule is Cc1cc(CCCC(=O)N2CCC(c3nc(N(C)C)ncc3-c3cncnc3)C2)ccc1F. The molecule has 1 atom stereocenters. The van der Waals surface area contributed by atoms with E-state index >= 15 is 0 Å². The molecule has 0 saturated carbocycles. The van der Waals surface area contributed by atoms with E-state index in [1.54, 1.807) is 25.4 Å². The van der Waals surface area contributed by atoms with Gasteiger partial charge >= 0.3 is 0 Å². The van der Waals surface area contributed by atoms with Gasteiger partial charge in [-0.2, -0.15) is 0 Å². The standard InChI is InChI=1S/C25H29FN6O/c1-17-11-18(7-8-22(17)26)5-4-6-23(33)32-10-9-19(15-32)24-21(20-12-27-16-28-13-20)14-29-25(30-24)31(2)3/h7-8,11-14,16,19H,4-6,9-10,15H2,1-3H3. The lowest BCUT2D eigenvalue weighted by Crippen LogP contribution is -2.28. The highest BCUT2D eigenvalue weighted by molar-refractivity contribution is 5.76. The van der Waals surface area contributed by atoms with Crippen LogP contribution in [0.15, 0.2) is 43.1 Å². The lowest BCUT2D eigenvalue weighted by atomic mass is 9.97. The smallest absolute Gasteiger partial charge is 0.225 e. The molecule has 1 aliphatic rings. The fourth-order valence-electron chi connectivity index (χ4n) is 4.25. The van der Waals surface area contributed by atoms with E-state index in [0.29, 0.717) is 31.0 Å². The minimum atomic E-state index is -0.193. The van der Waals surface area contributed by atoms with Gasteiger partial charge in [-0.15, -0.1) is 0 Å². The van der Waals surface area contributed by atoms with Crippen LogP contribution in [-0.2, 0) is 11.2 Å². The largest absolute Gasteiger partial charge is 0.347 e. The number of aromatic nitrogens is 4. The van der Waals surface area contributed by atoms with Crippen molar-refractivity contribution in [3.05, 3.63) is 65.8 Å². The van der Waals surface area contributed by atoms with Crippen LogP contribution in [0.5, 0.6) is 0 Å². The monoisotopic (exact) mass is 448 g/mol. The van der Waals surface area contributed by atoms with Crippen molar-refractivity contribution >= 4 is 11.9 Å². The molecule has 4 rings (SSSR count). The number of anilines is 1. The first-order valence-corrected chi connectivity index (χ1v) is 11.2. The molecule has 3 aromatic rings. The number of carbonyl (C=O) groups excluding carboxylic acids is 1. The molecule has 7 nitrogen and oxygen atoms in total. The molecule has 1 amide bonds. The normalized spacial score (nSPS) is 15.6. The Morgan fingerprint density at radius 3 is 2.73 bits per heavy atom. The number of benzene rings is 1. The molecule has 1 aliphatic heterocycles. The number of hydrogen-bond acceptors (Lipinski definition) is 6. The van der Waals surface area contributed by atoms with Crippen LogP contribution < -0.4 is 4.90 Å². The van der Waals surface area contributed by atoms with E-state index in [4.69, 9.17) is 4.98 Å². The van der Waals surface area contributed by atoms with Gasteiger partial charge in [0, 0.05) is 69.2 Å². The molecule has 1 aromatic carbocycles. The minimum Gasteiger partial charge on any atom is -0.347 e. The Kier molecular flexibility index (Phi) is 6.91. The van der Waals surface area contributed by atoms with Crippen molar-refractivity contribution in [1.82, 2.24) is 24.8 Å². The lowest BCUT2D eigenvalue weighted by Gasteiger charge is -2.19. The fourth-order valence-corrected chi connectivity index (χ4v) is 4.25. The zero-order valence-corrected chi connectivity index (χ0v) is 19.3. The van der Waals surface area contributed by atoms with Crippen LogP contribution in [0.25, 0.3) is 11.1 Å². The number of halogens is 1. The van der Waals surface area contributed by atoms with E-state index in [9.17, 15) is 9.18 Å². The van der Waals surface area contributed by atoms with Gasteiger partial charge in [0.15, 0.2) is 0 Å². The molecule has 8 heteroatoms. The second-order valence-corrected chi connectivity index (χ2v) is 8.75. The molecule has 0 bridgehead atoms. The van der Waals surface area contributed by atoms with Gasteiger partial charge in [0.25, 0.3) is 0 Å². The average molecular weight is 449 g/mol. The molecular formula is C25H29FN6O. The average Bonchev–Trinajstić information content (AvgIpc) is 3.32. The summed E-state index contributed by atoms with van der Waals surface area (Å²) in [6.07, 6.45) is 9.70. The van der Waals surface area contributed by atoms with Gasteiger partial charge in [-0.3, -0.25) is 4.79 Å². The van der Waals surface area contributed by atoms with Crippen LogP contribution in [-0.4, -0.2) is 57.9 Å². The van der Waals surface area contributed by atoms with Crippen LogP contribution in [0, 0.1) is 12.7 Å². The zero-order chi connectivity index (χ0) is 23.4. The Hall–Kier alpha value is -3.42. The maximum Gasteiger partial charge on any atom is 0.225 e. The van der Waals surface area contributed by atoms with E-state index in [1.165, 1.54) is 12.4 Å². The Bertz CT molecular complexity index is 1120. The Labute approximate surface area is 193 Å². The minimum absolute atomic E-state index is 0.130. The summed E-state index contributed by atoms with van der Waals surface area (Å²) in [5.74, 6) is 0.736. The van der Waals surface area contributed by atoms with Gasteiger partial charge in [-0.05, 0) is 43.4 Å². The highest BCUT2D eigenvalue weighted by atomic mass is 19.1. The predicted molar refractivity (Wildman–Crippen MR) is 125 cm³/mol. The van der Waals surface area contributed by atoms with Crippen LogP contribution in [0.4, 0.5) is 10.3 Å². The second kappa shape index (κ2) is 10.0. The van der Waals surface area contributed by atoms with Gasteiger partial charge in [0.1, 0.15) is 12.1 Å². The number of rotatable bonds is 7. The first-order valence-electron chi connectivity index (χ1n) is 11.2. The summed E-state index contributed by atoms with van der Waals surface area (Å²) in [6, 6.07) is 5.15. The number of hydrogen-bond donors (Lipinski definition) is 0. The molecule has 0 spiro atoms. The molecule has 33 heavy (non-hydrogen) atoms. The number of aryl methyl sites for hydroxylation is 2. The number of likely N-dealkylation sites (tertiary alicyclic amines) is 1. The van der Waals surface area contributed by atoms with Gasteiger partial charge in [0.05, 0.1) is 5.69 Å². The predicted octanol–water partition coefficient (Wildman–Crippen LogP) is 3.79. The van der Waals surface area contributed by atoms with E-state index in [-0.39, 0.29) is 17.6 Å². The second-order valence-electron chi connectivity index (χ2n) is 8.75. The molecule has 0 N–H and O–H groups in total. The van der Waals surface area contributed by atoms with E-state index in [2.05, 4.69) is 15.0 Å². The number of amides is 1. The maximum atomic E-state index is 13.5. The third kappa shape index (κ3) is 5.32. The summed E-state index contributed by atoms with van der Waals surface area (Å²) in [4.78, 5) is 34.3. The van der Waals surface area contributed by atoms with Gasteiger partial charge in [-0.1, -0.05) is 12.1 Å². The van der Waals surface area contributed by atoms with Crippen molar-refractivity contribution in [3.63, 3.8) is 0 Å². The third-order valence-electron chi connectivity index (χ3n) is 6.08. The topological polar surface area (TPSA) is 75.1 Å². The highest BCUT2D eigenvalue weighted by Gasteiger charge is 2.30. The number of carbonyl (C=O) groups is 1. The molecule has 0 aliphatic carbocycles. The van der Waals surface area contributed by atoms with Crippen LogP contribution in [0.3, 0.4) is 0 Å². The Morgan fingerprint density at radius 2 is 2.00 bits per heavy atom. The van der Waals surface area contributed by atoms with Gasteiger partial charge in [0.2, 0.25) is 11.9 Å². The summed E-state index contributed by atoms with van der Waals surface area (Å²) >= 11 is 0. The lowest BCUT2D eigenvalue weighted by molar-refractivity contribution is -0.130. The summed E-state index contributed by atoms with van der Waals surface area (Å²) in [6.45, 7) is 3.11. The van der Waals surface area contributed by atoms with Crippen molar-refractivity contribution in [1.29, 1.82) is 0 Å². The van der Waals surface area contributed by atoms with Crippen molar-refractivity contribution in [2.24, 2.45) is 0 Å². The molecule has 3 heterocycles. The molecule has 0 radical (unpaired) electrons. The fraction of sp³-hybridized carbons (Fsp3) is 0.400. The molecular weight excluding hydrogens is 419 g/mol. The summed E-state index contributed by atoms with van der Waals surface area (Å²) in [5, 5.41) is 0. The Balaban J connectivity index is 1.43. The van der Waals surface area contributed by atoms with Crippen LogP contribution >= 0.6 is 0 Å². The first kappa shape index (κ1) is 22.8. The maximum absolute atomic E-state index is 13.5. The van der Waals surface area contributed by atoms with Gasteiger partial charge in [-0.25, -0.2) is 24.3 Å². The van der Waals surface area contributed by atoms with E-state index in [0.717, 1.165) is 41.6 Å².